The summed E-state index contributed by atoms with van der Waals surface area (Å²) < 4.78 is 16.0. The first-order valence-corrected chi connectivity index (χ1v) is 7.44. The lowest BCUT2D eigenvalue weighted by atomic mass is 9.94. The third-order valence-corrected chi connectivity index (χ3v) is 4.30. The van der Waals surface area contributed by atoms with Crippen LogP contribution in [0.3, 0.4) is 0 Å². The van der Waals surface area contributed by atoms with E-state index in [1.807, 2.05) is 0 Å². The van der Waals surface area contributed by atoms with Gasteiger partial charge in [-0.3, -0.25) is 10.4 Å². The van der Waals surface area contributed by atoms with Gasteiger partial charge in [0, 0.05) is 16.2 Å². The first-order valence-electron chi connectivity index (χ1n) is 7.44. The highest BCUT2D eigenvalue weighted by molar-refractivity contribution is 6.23. The standard InChI is InChI=1S/C17H13NO8/c1-24-15-8-4-10(18(22)23)13-9(17(20)21)5-12-16(26-6-25-12)14(13)7(8)2-3-11(15)19/h2-5,19,22-23H,6H2,1H3,(H,20,21). The van der Waals surface area contributed by atoms with Gasteiger partial charge in [0.25, 0.3) is 0 Å². The van der Waals surface area contributed by atoms with Crippen LogP contribution in [0.4, 0.5) is 5.69 Å². The Labute approximate surface area is 145 Å². The Morgan fingerprint density at radius 1 is 1.15 bits per heavy atom. The molecule has 0 saturated heterocycles. The smallest absolute Gasteiger partial charge is 0.336 e. The number of aromatic hydroxyl groups is 1. The third kappa shape index (κ3) is 2.08. The van der Waals surface area contributed by atoms with Gasteiger partial charge in [-0.2, -0.15) is 0 Å². The maximum Gasteiger partial charge on any atom is 0.336 e. The van der Waals surface area contributed by atoms with E-state index in [9.17, 15) is 25.4 Å². The van der Waals surface area contributed by atoms with Crippen molar-refractivity contribution in [2.45, 2.75) is 0 Å². The molecule has 26 heavy (non-hydrogen) atoms. The van der Waals surface area contributed by atoms with Crippen molar-refractivity contribution < 1.29 is 39.6 Å². The summed E-state index contributed by atoms with van der Waals surface area (Å²) in [5, 5.41) is 40.0. The normalized spacial score (nSPS) is 12.6. The fourth-order valence-electron chi connectivity index (χ4n) is 3.26. The van der Waals surface area contributed by atoms with Crippen molar-refractivity contribution in [1.29, 1.82) is 0 Å². The average molecular weight is 359 g/mol. The number of carboxylic acid groups (broad SMARTS) is 1. The van der Waals surface area contributed by atoms with Crippen LogP contribution < -0.4 is 19.4 Å². The second-order valence-electron chi connectivity index (χ2n) is 5.61. The Bertz CT molecular complexity index is 1080. The van der Waals surface area contributed by atoms with Crippen LogP contribution in [0.25, 0.3) is 21.5 Å². The summed E-state index contributed by atoms with van der Waals surface area (Å²) in [5.74, 6) is -0.840. The summed E-state index contributed by atoms with van der Waals surface area (Å²) in [7, 11) is 1.35. The maximum atomic E-state index is 11.8. The summed E-state index contributed by atoms with van der Waals surface area (Å²) >= 11 is 0. The van der Waals surface area contributed by atoms with Crippen molar-refractivity contribution in [2.75, 3.05) is 19.1 Å². The molecular weight excluding hydrogens is 346 g/mol. The number of fused-ring (bicyclic) bond motifs is 5. The molecule has 3 aromatic rings. The van der Waals surface area contributed by atoms with Crippen LogP contribution in [-0.2, 0) is 0 Å². The molecule has 4 rings (SSSR count). The van der Waals surface area contributed by atoms with Gasteiger partial charge in [-0.25, -0.2) is 4.79 Å². The molecule has 0 fully saturated rings. The SMILES string of the molecule is COc1c(O)ccc2c1cc(N(O)O)c1c(C(=O)O)cc3c(c12)OCO3. The Morgan fingerprint density at radius 2 is 1.92 bits per heavy atom. The lowest BCUT2D eigenvalue weighted by Gasteiger charge is -2.18. The molecule has 0 spiro atoms. The lowest BCUT2D eigenvalue weighted by molar-refractivity contribution is 0.0300. The number of rotatable bonds is 3. The van der Waals surface area contributed by atoms with Crippen LogP contribution in [0.1, 0.15) is 10.4 Å². The van der Waals surface area contributed by atoms with E-state index in [0.717, 1.165) is 0 Å². The van der Waals surface area contributed by atoms with E-state index in [1.54, 1.807) is 6.07 Å². The summed E-state index contributed by atoms with van der Waals surface area (Å²) in [6.45, 7) is -0.101. The van der Waals surface area contributed by atoms with Crippen molar-refractivity contribution in [3.05, 3.63) is 29.8 Å². The van der Waals surface area contributed by atoms with Crippen LogP contribution in [0, 0.1) is 0 Å². The number of aromatic carboxylic acids is 1. The highest BCUT2D eigenvalue weighted by Gasteiger charge is 2.28. The molecule has 1 heterocycles. The van der Waals surface area contributed by atoms with Crippen molar-refractivity contribution in [3.8, 4) is 23.0 Å². The quantitative estimate of drug-likeness (QED) is 0.412. The molecule has 134 valence electrons. The summed E-state index contributed by atoms with van der Waals surface area (Å²) in [5.41, 5.74) is -0.409. The van der Waals surface area contributed by atoms with Crippen LogP contribution in [0.2, 0.25) is 0 Å². The van der Waals surface area contributed by atoms with Crippen molar-refractivity contribution in [1.82, 2.24) is 0 Å². The predicted octanol–water partition coefficient (Wildman–Crippen LogP) is 2.72. The molecule has 4 N–H and O–H groups in total. The number of carboxylic acids is 1. The van der Waals surface area contributed by atoms with Crippen LogP contribution in [0.15, 0.2) is 24.3 Å². The van der Waals surface area contributed by atoms with Crippen molar-refractivity contribution in [2.24, 2.45) is 0 Å². The van der Waals surface area contributed by atoms with Gasteiger partial charge in [-0.15, -0.1) is 5.23 Å². The number of benzene rings is 3. The molecule has 9 nitrogen and oxygen atoms in total. The number of hydrogen-bond donors (Lipinski definition) is 4. The van der Waals surface area contributed by atoms with E-state index < -0.39 is 5.97 Å². The molecule has 0 atom stereocenters. The third-order valence-electron chi connectivity index (χ3n) is 4.30. The number of phenols is 1. The molecule has 0 radical (unpaired) electrons. The summed E-state index contributed by atoms with van der Waals surface area (Å²) in [4.78, 5) is 11.8. The Balaban J connectivity index is 2.32. The minimum absolute atomic E-state index is 0.0481. The monoisotopic (exact) mass is 359 g/mol. The van der Waals surface area contributed by atoms with E-state index in [0.29, 0.717) is 16.2 Å². The van der Waals surface area contributed by atoms with Gasteiger partial charge in [0.2, 0.25) is 6.79 Å². The lowest BCUT2D eigenvalue weighted by Crippen LogP contribution is -2.13. The average Bonchev–Trinajstić information content (AvgIpc) is 3.07. The first kappa shape index (κ1) is 16.1. The molecule has 0 unspecified atom stereocenters. The second-order valence-corrected chi connectivity index (χ2v) is 5.61. The zero-order chi connectivity index (χ0) is 18.6. The zero-order valence-corrected chi connectivity index (χ0v) is 13.4. The zero-order valence-electron chi connectivity index (χ0n) is 13.4. The summed E-state index contributed by atoms with van der Waals surface area (Å²) in [6.07, 6.45) is 0. The first-order chi connectivity index (χ1) is 12.4. The molecule has 3 aromatic carbocycles. The van der Waals surface area contributed by atoms with Crippen molar-refractivity contribution in [3.63, 3.8) is 0 Å². The predicted molar refractivity (Wildman–Crippen MR) is 88.8 cm³/mol. The van der Waals surface area contributed by atoms with Gasteiger partial charge in [0.1, 0.15) is 5.69 Å². The summed E-state index contributed by atoms with van der Waals surface area (Å²) in [6, 6.07) is 5.53. The minimum Gasteiger partial charge on any atom is -0.504 e. The Morgan fingerprint density at radius 3 is 2.58 bits per heavy atom. The number of phenolic OH excluding ortho intramolecular Hbond substituents is 1. The molecule has 1 aliphatic rings. The number of hydrogen-bond acceptors (Lipinski definition) is 8. The molecule has 1 aliphatic heterocycles. The Hall–Kier alpha value is -3.43. The van der Waals surface area contributed by atoms with Crippen LogP contribution in [0.5, 0.6) is 23.0 Å². The number of methoxy groups -OCH3 is 1. The molecule has 0 bridgehead atoms. The van der Waals surface area contributed by atoms with Gasteiger partial charge in [-0.05, 0) is 29.7 Å². The van der Waals surface area contributed by atoms with E-state index in [1.165, 1.54) is 25.3 Å². The largest absolute Gasteiger partial charge is 0.504 e. The molecule has 9 heteroatoms. The fraction of sp³-hybridized carbons (Fsp3) is 0.118. The Kier molecular flexibility index (Phi) is 3.43. The van der Waals surface area contributed by atoms with E-state index in [2.05, 4.69) is 0 Å². The molecule has 0 amide bonds. The number of anilines is 1. The van der Waals surface area contributed by atoms with Crippen LogP contribution in [-0.4, -0.2) is 40.5 Å². The number of nitrogens with zero attached hydrogens (tertiary/aromatic N) is 1. The van der Waals surface area contributed by atoms with E-state index >= 15 is 0 Å². The van der Waals surface area contributed by atoms with Gasteiger partial charge in [0.05, 0.1) is 12.7 Å². The van der Waals surface area contributed by atoms with E-state index in [4.69, 9.17) is 14.2 Å². The second kappa shape index (κ2) is 5.55. The van der Waals surface area contributed by atoms with Gasteiger partial charge in [0.15, 0.2) is 23.0 Å². The maximum absolute atomic E-state index is 11.8. The minimum atomic E-state index is -1.28. The van der Waals surface area contributed by atoms with E-state index in [-0.39, 0.29) is 51.7 Å². The van der Waals surface area contributed by atoms with Gasteiger partial charge >= 0.3 is 5.97 Å². The van der Waals surface area contributed by atoms with Crippen LogP contribution >= 0.6 is 0 Å². The molecule has 0 aliphatic carbocycles. The fourth-order valence-corrected chi connectivity index (χ4v) is 3.26. The molecule has 0 saturated carbocycles. The molecule has 0 aromatic heterocycles. The number of ether oxygens (including phenoxy) is 3. The van der Waals surface area contributed by atoms with Gasteiger partial charge in [-0.1, -0.05) is 0 Å². The topological polar surface area (TPSA) is 129 Å². The highest BCUT2D eigenvalue weighted by atomic mass is 16.8. The number of carbonyl (C=O) groups is 1. The molecular formula is C17H13NO8. The van der Waals surface area contributed by atoms with Gasteiger partial charge < -0.3 is 24.4 Å². The van der Waals surface area contributed by atoms with Crippen molar-refractivity contribution >= 4 is 33.2 Å². The highest BCUT2D eigenvalue weighted by Crippen LogP contribution is 2.50.